The van der Waals surface area contributed by atoms with Crippen molar-refractivity contribution in [2.24, 2.45) is 4.99 Å². The zero-order valence-corrected chi connectivity index (χ0v) is 16.1. The van der Waals surface area contributed by atoms with Gasteiger partial charge in [0.1, 0.15) is 11.6 Å². The van der Waals surface area contributed by atoms with Crippen LogP contribution in [0.5, 0.6) is 5.75 Å². The van der Waals surface area contributed by atoms with Gasteiger partial charge in [-0.15, -0.1) is 0 Å². The van der Waals surface area contributed by atoms with Gasteiger partial charge in [-0.2, -0.15) is 0 Å². The van der Waals surface area contributed by atoms with Gasteiger partial charge in [0.15, 0.2) is 5.96 Å². The van der Waals surface area contributed by atoms with Gasteiger partial charge in [-0.1, -0.05) is 18.2 Å². The van der Waals surface area contributed by atoms with Crippen LogP contribution in [0.15, 0.2) is 47.5 Å². The van der Waals surface area contributed by atoms with Crippen molar-refractivity contribution >= 4 is 5.96 Å². The van der Waals surface area contributed by atoms with Crippen LogP contribution in [0.25, 0.3) is 0 Å². The number of aliphatic hydroxyl groups excluding tert-OH is 1. The van der Waals surface area contributed by atoms with Crippen LogP contribution in [-0.2, 0) is 6.42 Å². The maximum atomic E-state index is 13.2. The number of hydrogen-bond donors (Lipinski definition) is 3. The molecule has 0 saturated carbocycles. The third-order valence-electron chi connectivity index (χ3n) is 4.24. The van der Waals surface area contributed by atoms with Crippen molar-refractivity contribution in [2.45, 2.75) is 26.4 Å². The highest BCUT2D eigenvalue weighted by Crippen LogP contribution is 2.19. The van der Waals surface area contributed by atoms with Gasteiger partial charge in [0.05, 0.1) is 19.8 Å². The first kappa shape index (κ1) is 20.7. The Labute approximate surface area is 160 Å². The van der Waals surface area contributed by atoms with Crippen LogP contribution in [0.1, 0.15) is 29.7 Å². The normalized spacial score (nSPS) is 12.6. The van der Waals surface area contributed by atoms with Crippen LogP contribution in [0.4, 0.5) is 4.39 Å². The summed E-state index contributed by atoms with van der Waals surface area (Å²) in [6.07, 6.45) is 0.0458. The molecule has 27 heavy (non-hydrogen) atoms. The van der Waals surface area contributed by atoms with Crippen LogP contribution >= 0.6 is 0 Å². The minimum absolute atomic E-state index is 0.217. The molecule has 0 bridgehead atoms. The lowest BCUT2D eigenvalue weighted by molar-refractivity contribution is 0.186. The average molecular weight is 373 g/mol. The number of aliphatic imine (C=N–C) groups is 1. The molecule has 1 atom stereocenters. The number of nitrogens with one attached hydrogen (secondary N) is 2. The molecule has 0 aliphatic heterocycles. The Morgan fingerprint density at radius 2 is 2.04 bits per heavy atom. The van der Waals surface area contributed by atoms with Crippen molar-refractivity contribution in [1.29, 1.82) is 0 Å². The molecule has 5 nitrogen and oxygen atoms in total. The number of guanidine groups is 1. The second kappa shape index (κ2) is 10.5. The number of halogens is 1. The standard InChI is InChI=1S/C21H28FN3O2/c1-4-23-21(24-11-10-16-8-9-18(22)12-15(16)2)25-14-20(26)17-6-5-7-19(13-17)27-3/h5-9,12-13,20,26H,4,10-11,14H2,1-3H3,(H2,23,24,25). The van der Waals surface area contributed by atoms with Crippen molar-refractivity contribution < 1.29 is 14.2 Å². The summed E-state index contributed by atoms with van der Waals surface area (Å²) in [6, 6.07) is 12.2. The highest BCUT2D eigenvalue weighted by molar-refractivity contribution is 5.79. The molecule has 0 fully saturated rings. The summed E-state index contributed by atoms with van der Waals surface area (Å²) in [7, 11) is 1.60. The van der Waals surface area contributed by atoms with Gasteiger partial charge < -0.3 is 20.5 Å². The fourth-order valence-electron chi connectivity index (χ4n) is 2.73. The van der Waals surface area contributed by atoms with Gasteiger partial charge >= 0.3 is 0 Å². The maximum absolute atomic E-state index is 13.2. The molecule has 0 amide bonds. The maximum Gasteiger partial charge on any atom is 0.191 e. The van der Waals surface area contributed by atoms with Gasteiger partial charge in [-0.05, 0) is 61.2 Å². The first-order chi connectivity index (χ1) is 13.0. The predicted molar refractivity (Wildman–Crippen MR) is 107 cm³/mol. The molecule has 0 aliphatic rings. The summed E-state index contributed by atoms with van der Waals surface area (Å²) >= 11 is 0. The zero-order valence-electron chi connectivity index (χ0n) is 16.1. The quantitative estimate of drug-likeness (QED) is 0.492. The molecule has 0 aliphatic carbocycles. The first-order valence-electron chi connectivity index (χ1n) is 9.12. The number of methoxy groups -OCH3 is 1. The van der Waals surface area contributed by atoms with Crippen LogP contribution in [0.3, 0.4) is 0 Å². The van der Waals surface area contributed by atoms with Crippen LogP contribution in [-0.4, -0.2) is 37.8 Å². The molecule has 0 heterocycles. The molecule has 0 radical (unpaired) electrons. The lowest BCUT2D eigenvalue weighted by Gasteiger charge is -2.14. The highest BCUT2D eigenvalue weighted by Gasteiger charge is 2.09. The van der Waals surface area contributed by atoms with Gasteiger partial charge in [-0.25, -0.2) is 4.39 Å². The average Bonchev–Trinajstić information content (AvgIpc) is 2.67. The molecule has 1 unspecified atom stereocenters. The summed E-state index contributed by atoms with van der Waals surface area (Å²) in [4.78, 5) is 4.46. The molecule has 0 spiro atoms. The molecular formula is C21H28FN3O2. The zero-order chi connectivity index (χ0) is 19.6. The molecule has 0 aromatic heterocycles. The number of aryl methyl sites for hydroxylation is 1. The van der Waals surface area contributed by atoms with Crippen molar-refractivity contribution in [3.8, 4) is 5.75 Å². The van der Waals surface area contributed by atoms with Gasteiger partial charge in [-0.3, -0.25) is 4.99 Å². The highest BCUT2D eigenvalue weighted by atomic mass is 19.1. The van der Waals surface area contributed by atoms with E-state index in [2.05, 4.69) is 15.6 Å². The Bertz CT molecular complexity index is 765. The minimum Gasteiger partial charge on any atom is -0.497 e. The second-order valence-electron chi connectivity index (χ2n) is 6.26. The van der Waals surface area contributed by atoms with Crippen molar-refractivity contribution in [2.75, 3.05) is 26.7 Å². The lowest BCUT2D eigenvalue weighted by atomic mass is 10.1. The fourth-order valence-corrected chi connectivity index (χ4v) is 2.73. The fraction of sp³-hybridized carbons (Fsp3) is 0.381. The number of aliphatic hydroxyl groups is 1. The Balaban J connectivity index is 1.92. The van der Waals surface area contributed by atoms with E-state index in [9.17, 15) is 9.50 Å². The topological polar surface area (TPSA) is 65.9 Å². The number of benzene rings is 2. The van der Waals surface area contributed by atoms with E-state index >= 15 is 0 Å². The third-order valence-corrected chi connectivity index (χ3v) is 4.24. The second-order valence-corrected chi connectivity index (χ2v) is 6.26. The summed E-state index contributed by atoms with van der Waals surface area (Å²) in [5.74, 6) is 1.13. The van der Waals surface area contributed by atoms with Crippen LogP contribution in [0.2, 0.25) is 0 Å². The lowest BCUT2D eigenvalue weighted by Crippen LogP contribution is -2.38. The SMILES string of the molecule is CCNC(=NCC(O)c1cccc(OC)c1)NCCc1ccc(F)cc1C. The Morgan fingerprint density at radius 1 is 1.22 bits per heavy atom. The van der Waals surface area contributed by atoms with E-state index < -0.39 is 6.10 Å². The molecule has 2 aromatic carbocycles. The van der Waals surface area contributed by atoms with Crippen molar-refractivity contribution in [1.82, 2.24) is 10.6 Å². The molecule has 3 N–H and O–H groups in total. The first-order valence-corrected chi connectivity index (χ1v) is 9.12. The molecule has 146 valence electrons. The Hall–Kier alpha value is -2.60. The van der Waals surface area contributed by atoms with Gasteiger partial charge in [0, 0.05) is 13.1 Å². The van der Waals surface area contributed by atoms with Crippen molar-refractivity contribution in [3.63, 3.8) is 0 Å². The minimum atomic E-state index is -0.713. The third kappa shape index (κ3) is 6.57. The van der Waals surface area contributed by atoms with Gasteiger partial charge in [0.25, 0.3) is 0 Å². The van der Waals surface area contributed by atoms with Gasteiger partial charge in [0.2, 0.25) is 0 Å². The van der Waals surface area contributed by atoms with E-state index in [1.807, 2.05) is 38.1 Å². The van der Waals surface area contributed by atoms with E-state index in [-0.39, 0.29) is 12.4 Å². The summed E-state index contributed by atoms with van der Waals surface area (Å²) in [5, 5.41) is 16.8. The Kier molecular flexibility index (Phi) is 8.07. The van der Waals surface area contributed by atoms with Crippen LogP contribution in [0, 0.1) is 12.7 Å². The Morgan fingerprint density at radius 3 is 2.74 bits per heavy atom. The number of nitrogens with zero attached hydrogens (tertiary/aromatic N) is 1. The summed E-state index contributed by atoms with van der Waals surface area (Å²) < 4.78 is 18.4. The van der Waals surface area contributed by atoms with E-state index in [4.69, 9.17) is 4.74 Å². The number of rotatable bonds is 8. The molecule has 2 aromatic rings. The van der Waals surface area contributed by atoms with E-state index in [0.717, 1.165) is 29.7 Å². The molecule has 6 heteroatoms. The van der Waals surface area contributed by atoms with E-state index in [0.29, 0.717) is 18.3 Å². The monoisotopic (exact) mass is 373 g/mol. The smallest absolute Gasteiger partial charge is 0.191 e. The summed E-state index contributed by atoms with van der Waals surface area (Å²) in [6.45, 7) is 5.50. The van der Waals surface area contributed by atoms with Crippen molar-refractivity contribution in [3.05, 3.63) is 65.0 Å². The number of ether oxygens (including phenoxy) is 1. The molecule has 2 rings (SSSR count). The van der Waals surface area contributed by atoms with E-state index in [1.165, 1.54) is 6.07 Å². The van der Waals surface area contributed by atoms with E-state index in [1.54, 1.807) is 19.2 Å². The number of hydrogen-bond acceptors (Lipinski definition) is 3. The molecular weight excluding hydrogens is 345 g/mol. The van der Waals surface area contributed by atoms with Crippen LogP contribution < -0.4 is 15.4 Å². The molecule has 0 saturated heterocycles. The largest absolute Gasteiger partial charge is 0.497 e. The summed E-state index contributed by atoms with van der Waals surface area (Å²) in [5.41, 5.74) is 2.79. The predicted octanol–water partition coefficient (Wildman–Crippen LogP) is 2.97.